The number of amides is 6. The Bertz CT molecular complexity index is 1340. The summed E-state index contributed by atoms with van der Waals surface area (Å²) in [5.74, 6) is -1.92. The van der Waals surface area contributed by atoms with E-state index < -0.39 is 41.4 Å². The van der Waals surface area contributed by atoms with Crippen molar-refractivity contribution >= 4 is 41.3 Å². The van der Waals surface area contributed by atoms with Gasteiger partial charge in [0.2, 0.25) is 17.7 Å². The number of piperidine rings is 2. The summed E-state index contributed by atoms with van der Waals surface area (Å²) in [4.78, 5) is 79.8. The molecule has 2 N–H and O–H groups in total. The Morgan fingerprint density at radius 3 is 2.40 bits per heavy atom. The first-order valence-electron chi connectivity index (χ1n) is 15.9. The van der Waals surface area contributed by atoms with Gasteiger partial charge in [-0.15, -0.1) is 0 Å². The van der Waals surface area contributed by atoms with Crippen LogP contribution in [0.15, 0.2) is 18.2 Å². The van der Waals surface area contributed by atoms with Crippen molar-refractivity contribution in [2.45, 2.75) is 95.9 Å². The van der Waals surface area contributed by atoms with Crippen LogP contribution < -0.4 is 15.5 Å². The highest BCUT2D eigenvalue weighted by Crippen LogP contribution is 2.36. The highest BCUT2D eigenvalue weighted by Gasteiger charge is 2.46. The number of ether oxygens (including phenoxy) is 2. The van der Waals surface area contributed by atoms with Crippen molar-refractivity contribution in [3.05, 3.63) is 29.3 Å². The van der Waals surface area contributed by atoms with Crippen LogP contribution in [0.1, 0.15) is 92.9 Å². The lowest BCUT2D eigenvalue weighted by Gasteiger charge is -2.41. The normalized spacial score (nSPS) is 21.0. The van der Waals surface area contributed by atoms with Crippen LogP contribution in [0, 0.1) is 0 Å². The first-order chi connectivity index (χ1) is 21.4. The van der Waals surface area contributed by atoms with E-state index in [1.807, 2.05) is 30.6 Å². The van der Waals surface area contributed by atoms with Crippen molar-refractivity contribution in [1.29, 1.82) is 0 Å². The van der Waals surface area contributed by atoms with Gasteiger partial charge in [-0.1, -0.05) is 12.5 Å². The molecular formula is C32H43N5O8. The summed E-state index contributed by atoms with van der Waals surface area (Å²) in [7, 11) is 0. The van der Waals surface area contributed by atoms with E-state index in [1.165, 1.54) is 0 Å². The fourth-order valence-corrected chi connectivity index (χ4v) is 6.21. The van der Waals surface area contributed by atoms with Gasteiger partial charge in [0.1, 0.15) is 11.6 Å². The van der Waals surface area contributed by atoms with E-state index in [1.54, 1.807) is 18.2 Å². The maximum atomic E-state index is 13.3. The molecule has 244 valence electrons. The van der Waals surface area contributed by atoms with Crippen LogP contribution in [0.2, 0.25) is 0 Å². The summed E-state index contributed by atoms with van der Waals surface area (Å²) in [6.07, 6.45) is 4.18. The number of nitrogens with zero attached hydrogens (tertiary/aromatic N) is 3. The molecule has 0 radical (unpaired) electrons. The van der Waals surface area contributed by atoms with E-state index in [2.05, 4.69) is 10.6 Å². The third-order valence-electron chi connectivity index (χ3n) is 8.59. The molecule has 3 fully saturated rings. The third-order valence-corrected chi connectivity index (χ3v) is 8.59. The monoisotopic (exact) mass is 625 g/mol. The van der Waals surface area contributed by atoms with E-state index in [0.717, 1.165) is 24.2 Å². The summed E-state index contributed by atoms with van der Waals surface area (Å²) in [6, 6.07) is 4.14. The second-order valence-corrected chi connectivity index (χ2v) is 13.2. The molecule has 13 nitrogen and oxygen atoms in total. The van der Waals surface area contributed by atoms with Crippen molar-refractivity contribution < 1.29 is 38.2 Å². The lowest BCUT2D eigenvalue weighted by Crippen LogP contribution is -2.54. The largest absolute Gasteiger partial charge is 0.444 e. The molecule has 0 aliphatic carbocycles. The molecule has 3 saturated heterocycles. The maximum Gasteiger partial charge on any atom is 0.407 e. The number of fused-ring (bicyclic) bond motifs is 1. The van der Waals surface area contributed by atoms with Crippen molar-refractivity contribution in [1.82, 2.24) is 20.4 Å². The maximum absolute atomic E-state index is 13.3. The molecule has 1 unspecified atom stereocenters. The number of hydrogen-bond donors (Lipinski definition) is 2. The first-order valence-corrected chi connectivity index (χ1v) is 15.9. The highest BCUT2D eigenvalue weighted by molar-refractivity contribution is 6.25. The molecule has 1 atom stereocenters. The quantitative estimate of drug-likeness (QED) is 0.295. The van der Waals surface area contributed by atoms with Crippen LogP contribution in [0.3, 0.4) is 0 Å². The minimum Gasteiger partial charge on any atom is -0.444 e. The average molecular weight is 626 g/mol. The Hall–Kier alpha value is -4.00. The average Bonchev–Trinajstić information content (AvgIpc) is 3.20. The van der Waals surface area contributed by atoms with Crippen molar-refractivity contribution in [3.8, 4) is 0 Å². The van der Waals surface area contributed by atoms with Gasteiger partial charge in [0.15, 0.2) is 0 Å². The Kier molecular flexibility index (Phi) is 9.76. The number of hydrogen-bond acceptors (Lipinski definition) is 9. The smallest absolute Gasteiger partial charge is 0.407 e. The van der Waals surface area contributed by atoms with Gasteiger partial charge in [-0.05, 0) is 65.0 Å². The summed E-state index contributed by atoms with van der Waals surface area (Å²) in [5, 5.41) is 5.11. The molecule has 13 heteroatoms. The van der Waals surface area contributed by atoms with Crippen LogP contribution >= 0.6 is 0 Å². The summed E-state index contributed by atoms with van der Waals surface area (Å²) in [6.45, 7) is 8.46. The van der Waals surface area contributed by atoms with Crippen LogP contribution in [-0.2, 0) is 23.9 Å². The molecule has 4 aliphatic heterocycles. The molecule has 6 amide bonds. The van der Waals surface area contributed by atoms with Crippen LogP contribution in [0.4, 0.5) is 10.5 Å². The number of unbranched alkanes of at least 4 members (excludes halogenated alkanes) is 2. The zero-order valence-electron chi connectivity index (χ0n) is 26.3. The number of alkyl carbamates (subject to hydrolysis) is 1. The Labute approximate surface area is 262 Å². The molecule has 1 aromatic rings. The van der Waals surface area contributed by atoms with Gasteiger partial charge in [0.25, 0.3) is 11.8 Å². The number of rotatable bonds is 10. The lowest BCUT2D eigenvalue weighted by molar-refractivity contribution is -0.136. The van der Waals surface area contributed by atoms with Gasteiger partial charge < -0.3 is 24.6 Å². The highest BCUT2D eigenvalue weighted by atomic mass is 16.6. The predicted octanol–water partition coefficient (Wildman–Crippen LogP) is 2.37. The Morgan fingerprint density at radius 2 is 1.71 bits per heavy atom. The van der Waals surface area contributed by atoms with Crippen LogP contribution in [0.5, 0.6) is 0 Å². The molecule has 5 rings (SSSR count). The molecule has 1 aromatic carbocycles. The number of imide groups is 2. The number of anilines is 1. The SMILES string of the molecule is CC(C)(C)OC(=O)NC1CCN(C(=O)CCCCCOC2CN(c3cccc4c3C(=O)N(C3CCC(=O)NC3=O)C4=O)C2)CC1. The molecule has 45 heavy (non-hydrogen) atoms. The van der Waals surface area contributed by atoms with Gasteiger partial charge >= 0.3 is 6.09 Å². The topological polar surface area (TPSA) is 155 Å². The van der Waals surface area contributed by atoms with E-state index >= 15 is 0 Å². The summed E-state index contributed by atoms with van der Waals surface area (Å²) >= 11 is 0. The van der Waals surface area contributed by atoms with Gasteiger partial charge in [0.05, 0.1) is 22.9 Å². The van der Waals surface area contributed by atoms with Crippen molar-refractivity contribution in [2.24, 2.45) is 0 Å². The van der Waals surface area contributed by atoms with Crippen LogP contribution in [-0.4, -0.2) is 102 Å². The zero-order chi connectivity index (χ0) is 32.3. The number of nitrogens with one attached hydrogen (secondary N) is 2. The second kappa shape index (κ2) is 13.6. The fourth-order valence-electron chi connectivity index (χ4n) is 6.21. The molecular weight excluding hydrogens is 582 g/mol. The Morgan fingerprint density at radius 1 is 0.978 bits per heavy atom. The first kappa shape index (κ1) is 32.4. The number of benzene rings is 1. The molecule has 0 bridgehead atoms. The van der Waals surface area contributed by atoms with Gasteiger partial charge in [-0.3, -0.25) is 34.2 Å². The Balaban J connectivity index is 0.977. The van der Waals surface area contributed by atoms with Gasteiger partial charge in [-0.2, -0.15) is 0 Å². The lowest BCUT2D eigenvalue weighted by atomic mass is 10.0. The molecule has 0 aromatic heterocycles. The van der Waals surface area contributed by atoms with Crippen molar-refractivity contribution in [3.63, 3.8) is 0 Å². The van der Waals surface area contributed by atoms with E-state index in [4.69, 9.17) is 9.47 Å². The van der Waals surface area contributed by atoms with Gasteiger partial charge in [-0.25, -0.2) is 4.79 Å². The zero-order valence-corrected chi connectivity index (χ0v) is 26.3. The summed E-state index contributed by atoms with van der Waals surface area (Å²) in [5.41, 5.74) is 0.660. The third kappa shape index (κ3) is 7.63. The predicted molar refractivity (Wildman–Crippen MR) is 163 cm³/mol. The van der Waals surface area contributed by atoms with Gasteiger partial charge in [0, 0.05) is 51.7 Å². The second-order valence-electron chi connectivity index (χ2n) is 13.2. The van der Waals surface area contributed by atoms with Crippen molar-refractivity contribution in [2.75, 3.05) is 37.7 Å². The molecule has 0 spiro atoms. The molecule has 4 aliphatic rings. The fraction of sp³-hybridized carbons (Fsp3) is 0.625. The number of carbonyl (C=O) groups excluding carboxylic acids is 6. The molecule has 4 heterocycles. The van der Waals surface area contributed by atoms with E-state index in [9.17, 15) is 28.8 Å². The number of carbonyl (C=O) groups is 6. The summed E-state index contributed by atoms with van der Waals surface area (Å²) < 4.78 is 11.3. The standard InChI is InChI=1S/C32H43N5O8/c1-32(2,3)45-31(43)33-20-13-15-35(16-14-20)26(39)10-5-4-6-17-44-21-18-36(19-21)23-9-7-8-22-27(23)30(42)37(29(22)41)24-11-12-25(38)34-28(24)40/h7-9,20-21,24H,4-6,10-19H2,1-3H3,(H,33,43)(H,34,38,40). The van der Waals surface area contributed by atoms with E-state index in [0.29, 0.717) is 63.3 Å². The molecule has 0 saturated carbocycles. The van der Waals surface area contributed by atoms with Crippen LogP contribution in [0.25, 0.3) is 0 Å². The van der Waals surface area contributed by atoms with E-state index in [-0.39, 0.29) is 36.5 Å². The minimum absolute atomic E-state index is 0.00322. The number of likely N-dealkylation sites (tertiary alicyclic amines) is 1. The minimum atomic E-state index is -0.994.